The molecule has 0 atom stereocenters. The van der Waals surface area contributed by atoms with Gasteiger partial charge in [-0.25, -0.2) is 4.98 Å². The van der Waals surface area contributed by atoms with E-state index in [9.17, 15) is 0 Å². The summed E-state index contributed by atoms with van der Waals surface area (Å²) in [7, 11) is 0. The Kier molecular flexibility index (Phi) is 6.25. The van der Waals surface area contributed by atoms with Crippen LogP contribution in [0.25, 0.3) is 0 Å². The van der Waals surface area contributed by atoms with Crippen LogP contribution in [0.15, 0.2) is 18.3 Å². The van der Waals surface area contributed by atoms with Crippen molar-refractivity contribution < 1.29 is 0 Å². The van der Waals surface area contributed by atoms with Gasteiger partial charge in [-0.05, 0) is 36.3 Å². The molecule has 84 valence electrons. The molecule has 0 saturated heterocycles. The Morgan fingerprint density at radius 2 is 2.20 bits per heavy atom. The molecule has 0 aliphatic heterocycles. The van der Waals surface area contributed by atoms with Crippen molar-refractivity contribution >= 4 is 17.6 Å². The number of hydrogen-bond acceptors (Lipinski definition) is 3. The summed E-state index contributed by atoms with van der Waals surface area (Å²) in [6.45, 7) is 5.38. The van der Waals surface area contributed by atoms with Crippen molar-refractivity contribution in [3.05, 3.63) is 23.9 Å². The zero-order chi connectivity index (χ0) is 10.9. The number of rotatable bonds is 7. The lowest BCUT2D eigenvalue weighted by Gasteiger charge is -2.05. The molecule has 1 aromatic rings. The largest absolute Gasteiger partial charge is 0.370 e. The fourth-order valence-corrected chi connectivity index (χ4v) is 2.10. The number of nitrogens with zero attached hydrogens (tertiary/aromatic N) is 1. The summed E-state index contributed by atoms with van der Waals surface area (Å²) in [6.07, 6.45) is 4.27. The minimum absolute atomic E-state index is 0.999. The Bertz CT molecular complexity index is 276. The first kappa shape index (κ1) is 12.4. The molecule has 0 radical (unpaired) electrons. The Morgan fingerprint density at radius 1 is 1.33 bits per heavy atom. The molecule has 0 aromatic carbocycles. The number of aromatic nitrogens is 1. The van der Waals surface area contributed by atoms with Crippen LogP contribution in [-0.2, 0) is 5.75 Å². The van der Waals surface area contributed by atoms with Crippen LogP contribution in [0.3, 0.4) is 0 Å². The maximum atomic E-state index is 4.28. The Hall–Kier alpha value is -0.700. The van der Waals surface area contributed by atoms with Crippen molar-refractivity contribution in [1.29, 1.82) is 0 Å². The Labute approximate surface area is 96.9 Å². The average Bonchev–Trinajstić information content (AvgIpc) is 2.27. The van der Waals surface area contributed by atoms with Gasteiger partial charge in [-0.2, -0.15) is 11.8 Å². The summed E-state index contributed by atoms with van der Waals surface area (Å²) in [5.74, 6) is 3.34. The first-order valence-electron chi connectivity index (χ1n) is 5.63. The molecule has 1 rings (SSSR count). The predicted octanol–water partition coefficient (Wildman–Crippen LogP) is 3.55. The molecule has 0 aliphatic rings. The van der Waals surface area contributed by atoms with Crippen LogP contribution in [0.2, 0.25) is 0 Å². The molecule has 0 saturated carbocycles. The lowest BCUT2D eigenvalue weighted by molar-refractivity contribution is 0.968. The van der Waals surface area contributed by atoms with Gasteiger partial charge in [0.2, 0.25) is 0 Å². The molecule has 0 amide bonds. The van der Waals surface area contributed by atoms with Gasteiger partial charge >= 0.3 is 0 Å². The molecule has 0 unspecified atom stereocenters. The van der Waals surface area contributed by atoms with Gasteiger partial charge in [-0.15, -0.1) is 0 Å². The molecular weight excluding hydrogens is 204 g/mol. The quantitative estimate of drug-likeness (QED) is 0.717. The van der Waals surface area contributed by atoms with E-state index in [1.165, 1.54) is 17.7 Å². The summed E-state index contributed by atoms with van der Waals surface area (Å²) in [4.78, 5) is 4.28. The van der Waals surface area contributed by atoms with E-state index in [0.29, 0.717) is 0 Å². The van der Waals surface area contributed by atoms with Gasteiger partial charge in [-0.3, -0.25) is 0 Å². The van der Waals surface area contributed by atoms with Gasteiger partial charge in [0.25, 0.3) is 0 Å². The molecule has 15 heavy (non-hydrogen) atoms. The van der Waals surface area contributed by atoms with Gasteiger partial charge in [0.15, 0.2) is 0 Å². The van der Waals surface area contributed by atoms with Crippen molar-refractivity contribution in [2.24, 2.45) is 0 Å². The number of thioether (sulfide) groups is 1. The van der Waals surface area contributed by atoms with E-state index in [0.717, 1.165) is 24.5 Å². The molecule has 1 aromatic heterocycles. The molecule has 0 fully saturated rings. The van der Waals surface area contributed by atoms with Crippen molar-refractivity contribution in [3.63, 3.8) is 0 Å². The van der Waals surface area contributed by atoms with E-state index < -0.39 is 0 Å². The number of anilines is 1. The zero-order valence-corrected chi connectivity index (χ0v) is 10.4. The third-order valence-corrected chi connectivity index (χ3v) is 3.23. The molecule has 1 N–H and O–H groups in total. The third kappa shape index (κ3) is 5.07. The maximum Gasteiger partial charge on any atom is 0.126 e. The van der Waals surface area contributed by atoms with Crippen molar-refractivity contribution in [1.82, 2.24) is 4.98 Å². The number of pyridine rings is 1. The van der Waals surface area contributed by atoms with Gasteiger partial charge < -0.3 is 5.32 Å². The molecule has 1 heterocycles. The van der Waals surface area contributed by atoms with Crippen molar-refractivity contribution in [2.45, 2.75) is 32.4 Å². The SMILES string of the molecule is CCCNc1cc(CSCCC)ccn1. The first-order valence-corrected chi connectivity index (χ1v) is 6.78. The summed E-state index contributed by atoms with van der Waals surface area (Å²) in [5.41, 5.74) is 1.36. The van der Waals surface area contributed by atoms with E-state index in [4.69, 9.17) is 0 Å². The highest BCUT2D eigenvalue weighted by molar-refractivity contribution is 7.98. The van der Waals surface area contributed by atoms with Crippen LogP contribution in [0.5, 0.6) is 0 Å². The van der Waals surface area contributed by atoms with E-state index >= 15 is 0 Å². The minimum Gasteiger partial charge on any atom is -0.370 e. The lowest BCUT2D eigenvalue weighted by atomic mass is 10.3. The smallest absolute Gasteiger partial charge is 0.126 e. The normalized spacial score (nSPS) is 10.3. The monoisotopic (exact) mass is 224 g/mol. The molecule has 3 heteroatoms. The van der Waals surface area contributed by atoms with Gasteiger partial charge in [0.05, 0.1) is 0 Å². The van der Waals surface area contributed by atoms with Crippen LogP contribution in [0, 0.1) is 0 Å². The molecule has 0 spiro atoms. The summed E-state index contributed by atoms with van der Waals surface area (Å²) >= 11 is 1.98. The minimum atomic E-state index is 0.999. The second-order valence-corrected chi connectivity index (χ2v) is 4.63. The standard InChI is InChI=1S/C12H20N2S/c1-3-6-13-12-9-11(5-7-14-12)10-15-8-4-2/h5,7,9H,3-4,6,8,10H2,1-2H3,(H,13,14). The number of hydrogen-bond donors (Lipinski definition) is 1. The second-order valence-electron chi connectivity index (χ2n) is 3.53. The van der Waals surface area contributed by atoms with Crippen LogP contribution in [0.4, 0.5) is 5.82 Å². The zero-order valence-electron chi connectivity index (χ0n) is 9.62. The van der Waals surface area contributed by atoms with Crippen molar-refractivity contribution in [2.75, 3.05) is 17.6 Å². The summed E-state index contributed by atoms with van der Waals surface area (Å²) in [6, 6.07) is 4.25. The van der Waals surface area contributed by atoms with Gasteiger partial charge in [0.1, 0.15) is 5.82 Å². The fraction of sp³-hybridized carbons (Fsp3) is 0.583. The second kappa shape index (κ2) is 7.57. The summed E-state index contributed by atoms with van der Waals surface area (Å²) < 4.78 is 0. The van der Waals surface area contributed by atoms with E-state index in [1.54, 1.807) is 0 Å². The van der Waals surface area contributed by atoms with Gasteiger partial charge in [0, 0.05) is 18.5 Å². The summed E-state index contributed by atoms with van der Waals surface area (Å²) in [5, 5.41) is 3.30. The lowest BCUT2D eigenvalue weighted by Crippen LogP contribution is -2.01. The number of nitrogens with one attached hydrogen (secondary N) is 1. The molecule has 0 bridgehead atoms. The molecular formula is C12H20N2S. The highest BCUT2D eigenvalue weighted by Crippen LogP contribution is 2.15. The van der Waals surface area contributed by atoms with Crippen LogP contribution >= 0.6 is 11.8 Å². The van der Waals surface area contributed by atoms with Gasteiger partial charge in [-0.1, -0.05) is 13.8 Å². The molecule has 0 aliphatic carbocycles. The first-order chi connectivity index (χ1) is 7.36. The van der Waals surface area contributed by atoms with Crippen LogP contribution in [0.1, 0.15) is 32.3 Å². The highest BCUT2D eigenvalue weighted by Gasteiger charge is 1.96. The van der Waals surface area contributed by atoms with E-state index in [-0.39, 0.29) is 0 Å². The molecule has 2 nitrogen and oxygen atoms in total. The average molecular weight is 224 g/mol. The maximum absolute atomic E-state index is 4.28. The van der Waals surface area contributed by atoms with Crippen molar-refractivity contribution in [3.8, 4) is 0 Å². The topological polar surface area (TPSA) is 24.9 Å². The Balaban J connectivity index is 2.42. The highest BCUT2D eigenvalue weighted by atomic mass is 32.2. The van der Waals surface area contributed by atoms with E-state index in [2.05, 4.69) is 36.3 Å². The predicted molar refractivity (Wildman–Crippen MR) is 69.5 cm³/mol. The van der Waals surface area contributed by atoms with E-state index in [1.807, 2.05) is 18.0 Å². The Morgan fingerprint density at radius 3 is 2.93 bits per heavy atom. The van der Waals surface area contributed by atoms with Crippen LogP contribution in [-0.4, -0.2) is 17.3 Å². The fourth-order valence-electron chi connectivity index (χ4n) is 1.25. The van der Waals surface area contributed by atoms with Crippen LogP contribution < -0.4 is 5.32 Å². The third-order valence-electron chi connectivity index (χ3n) is 2.00.